The van der Waals surface area contributed by atoms with Crippen molar-refractivity contribution in [1.29, 1.82) is 0 Å². The molecule has 0 aromatic rings. The number of carbonyl (C=O) groups is 3. The molecule has 0 radical (unpaired) electrons. The Morgan fingerprint density at radius 1 is 0.800 bits per heavy atom. The number of rotatable bonds is 0. The van der Waals surface area contributed by atoms with Crippen LogP contribution in [-0.2, 0) is 40.6 Å². The number of carbonyl (C=O) groups excluding carboxylic acids is 3. The van der Waals surface area contributed by atoms with Gasteiger partial charge in [-0.1, -0.05) is 0 Å². The van der Waals surface area contributed by atoms with Crippen LogP contribution >= 0.6 is 0 Å². The van der Waals surface area contributed by atoms with Crippen molar-refractivity contribution in [1.82, 2.24) is 0 Å². The summed E-state index contributed by atoms with van der Waals surface area (Å²) in [6.07, 6.45) is 0. The minimum absolute atomic E-state index is 0. The van der Waals surface area contributed by atoms with Gasteiger partial charge in [0, 0.05) is 17.9 Å². The van der Waals surface area contributed by atoms with Crippen LogP contribution in [0.4, 0.5) is 0 Å². The van der Waals surface area contributed by atoms with Crippen LogP contribution in [0.5, 0.6) is 0 Å². The van der Waals surface area contributed by atoms with E-state index in [0.29, 0.717) is 0 Å². The van der Waals surface area contributed by atoms with Gasteiger partial charge < -0.3 is 36.3 Å². The molecule has 0 saturated heterocycles. The second kappa shape index (κ2) is 29.2. The number of carboxylic acids is 3. The Labute approximate surface area is 108 Å². The number of hydrogen-bond acceptors (Lipinski definition) is 6. The summed E-state index contributed by atoms with van der Waals surface area (Å²) in [4.78, 5) is 26.7. The molecule has 0 unspecified atom stereocenters. The molecule has 0 N–H and O–H groups in total. The molecule has 84 valence electrons. The minimum Gasteiger partial charge on any atom is -0.550 e. The Bertz CT molecular complexity index is 128. The number of hydrogen-bond donors (Lipinski definition) is 0. The molecule has 0 amide bonds. The standard InChI is InChI=1S/3C2H4O2.C2H3.Zr/c3*1-2(3)4;1-2;/h3*1H3,(H,3,4);1H,2H2;/q;;;-1;+4/p-3. The first-order chi connectivity index (χ1) is 6.20. The molecule has 0 aromatic carbocycles. The monoisotopic (exact) mass is 294 g/mol. The van der Waals surface area contributed by atoms with Crippen LogP contribution < -0.4 is 15.3 Å². The normalized spacial score (nSPS) is 5.27. The molecule has 0 bridgehead atoms. The molecule has 0 atom stereocenters. The fourth-order valence-electron chi connectivity index (χ4n) is 0. The summed E-state index contributed by atoms with van der Waals surface area (Å²) < 4.78 is 0. The van der Waals surface area contributed by atoms with Gasteiger partial charge in [-0.2, -0.15) is 0 Å². The number of aliphatic carboxylic acids is 3. The summed E-state index contributed by atoms with van der Waals surface area (Å²) in [5.41, 5.74) is 0. The summed E-state index contributed by atoms with van der Waals surface area (Å²) in [7, 11) is 0. The van der Waals surface area contributed by atoms with Crippen molar-refractivity contribution in [2.45, 2.75) is 20.8 Å². The zero-order valence-electron chi connectivity index (χ0n) is 8.73. The maximum Gasteiger partial charge on any atom is 4.00 e. The van der Waals surface area contributed by atoms with E-state index in [2.05, 4.69) is 13.2 Å². The molecule has 0 fully saturated rings. The smallest absolute Gasteiger partial charge is 0.550 e. The first-order valence-corrected chi connectivity index (χ1v) is 3.13. The van der Waals surface area contributed by atoms with Gasteiger partial charge in [-0.15, -0.1) is 0 Å². The van der Waals surface area contributed by atoms with Crippen LogP contribution in [0.25, 0.3) is 0 Å². The fourth-order valence-corrected chi connectivity index (χ4v) is 0. The first-order valence-electron chi connectivity index (χ1n) is 3.13. The molecule has 6 nitrogen and oxygen atoms in total. The summed E-state index contributed by atoms with van der Waals surface area (Å²) in [6.45, 7) is 9.92. The van der Waals surface area contributed by atoms with Crippen LogP contribution in [0.1, 0.15) is 20.8 Å². The second-order valence-corrected chi connectivity index (χ2v) is 1.47. The predicted molar refractivity (Wildman–Crippen MR) is 42.0 cm³/mol. The molecule has 0 saturated carbocycles. The third-order valence-corrected chi connectivity index (χ3v) is 0. The quantitative estimate of drug-likeness (QED) is 0.436. The predicted octanol–water partition coefficient (Wildman–Crippen LogP) is -3.13. The Hall–Kier alpha value is -0.967. The van der Waals surface area contributed by atoms with Crippen molar-refractivity contribution in [3.63, 3.8) is 0 Å². The third kappa shape index (κ3) is 1700. The van der Waals surface area contributed by atoms with E-state index in [9.17, 15) is 0 Å². The second-order valence-electron chi connectivity index (χ2n) is 1.47. The van der Waals surface area contributed by atoms with Gasteiger partial charge in [0.1, 0.15) is 0 Å². The maximum absolute atomic E-state index is 8.89. The van der Waals surface area contributed by atoms with E-state index >= 15 is 0 Å². The van der Waals surface area contributed by atoms with Gasteiger partial charge in [0.15, 0.2) is 0 Å². The van der Waals surface area contributed by atoms with E-state index in [0.717, 1.165) is 20.8 Å². The molecule has 0 rings (SSSR count). The van der Waals surface area contributed by atoms with Gasteiger partial charge in [-0.05, 0) is 20.8 Å². The zero-order valence-corrected chi connectivity index (χ0v) is 11.2. The summed E-state index contributed by atoms with van der Waals surface area (Å²) >= 11 is 0. The molecular weight excluding hydrogens is 283 g/mol. The molecule has 7 heteroatoms. The van der Waals surface area contributed by atoms with E-state index in [1.807, 2.05) is 0 Å². The summed E-state index contributed by atoms with van der Waals surface area (Å²) in [5, 5.41) is 26.7. The van der Waals surface area contributed by atoms with Crippen LogP contribution in [0.2, 0.25) is 0 Å². The molecule has 15 heavy (non-hydrogen) atoms. The average Bonchev–Trinajstić information content (AvgIpc) is 1.86. The van der Waals surface area contributed by atoms with Crippen molar-refractivity contribution < 1.29 is 55.9 Å². The van der Waals surface area contributed by atoms with Crippen molar-refractivity contribution in [2.75, 3.05) is 0 Å². The van der Waals surface area contributed by atoms with Crippen molar-refractivity contribution in [3.8, 4) is 0 Å². The fraction of sp³-hybridized carbons (Fsp3) is 0.375. The topological polar surface area (TPSA) is 120 Å². The molecule has 0 aliphatic rings. The van der Waals surface area contributed by atoms with Crippen LogP contribution in [-0.4, -0.2) is 17.9 Å². The Kier molecular flexibility index (Phi) is 57.0. The summed E-state index contributed by atoms with van der Waals surface area (Å²) in [5.74, 6) is -3.25. The van der Waals surface area contributed by atoms with E-state index in [1.54, 1.807) is 0 Å². The first kappa shape index (κ1) is 29.2. The van der Waals surface area contributed by atoms with Gasteiger partial charge >= 0.3 is 26.2 Å². The Morgan fingerprint density at radius 2 is 0.800 bits per heavy atom. The van der Waals surface area contributed by atoms with Crippen molar-refractivity contribution in [3.05, 3.63) is 13.2 Å². The zero-order chi connectivity index (χ0) is 12.7. The van der Waals surface area contributed by atoms with Crippen LogP contribution in [0, 0.1) is 6.58 Å². The van der Waals surface area contributed by atoms with Gasteiger partial charge in [-0.25, -0.2) is 0 Å². The maximum atomic E-state index is 8.89. The van der Waals surface area contributed by atoms with Crippen LogP contribution in [0.3, 0.4) is 0 Å². The van der Waals surface area contributed by atoms with Gasteiger partial charge in [-0.3, -0.25) is 6.58 Å². The summed E-state index contributed by atoms with van der Waals surface area (Å²) in [6, 6.07) is 0. The van der Waals surface area contributed by atoms with E-state index in [1.165, 1.54) is 0 Å². The van der Waals surface area contributed by atoms with E-state index in [4.69, 9.17) is 29.7 Å². The third-order valence-electron chi connectivity index (χ3n) is 0. The number of carboxylic acid groups (broad SMARTS) is 3. The molecule has 0 spiro atoms. The Morgan fingerprint density at radius 3 is 0.800 bits per heavy atom. The molecule has 0 aliphatic heterocycles. The molecule has 0 aliphatic carbocycles. The minimum atomic E-state index is -1.08. The van der Waals surface area contributed by atoms with Crippen molar-refractivity contribution in [2.24, 2.45) is 0 Å². The van der Waals surface area contributed by atoms with E-state index in [-0.39, 0.29) is 26.2 Å². The molecule has 0 aromatic heterocycles. The largest absolute Gasteiger partial charge is 4.00 e. The molecular formula is C8H12O6Zr. The Balaban J connectivity index is -0.0000000298. The van der Waals surface area contributed by atoms with Crippen molar-refractivity contribution >= 4 is 17.9 Å². The van der Waals surface area contributed by atoms with E-state index < -0.39 is 17.9 Å². The van der Waals surface area contributed by atoms with Gasteiger partial charge in [0.05, 0.1) is 0 Å². The SMILES string of the molecule is CC(=O)[O-].CC(=O)[O-].CC(=O)[O-].[CH-]=C.[Zr+4]. The molecule has 0 heterocycles. The van der Waals surface area contributed by atoms with Gasteiger partial charge in [0.25, 0.3) is 0 Å². The van der Waals surface area contributed by atoms with Gasteiger partial charge in [0.2, 0.25) is 0 Å². The van der Waals surface area contributed by atoms with Crippen LogP contribution in [0.15, 0.2) is 6.58 Å². The average molecular weight is 295 g/mol.